The van der Waals surface area contributed by atoms with E-state index >= 15 is 0 Å². The smallest absolute Gasteiger partial charge is 0.412 e. The second-order valence-corrected chi connectivity index (χ2v) is 11.1. The quantitative estimate of drug-likeness (QED) is 0.361. The van der Waals surface area contributed by atoms with Crippen LogP contribution in [0.4, 0.5) is 18.9 Å². The average molecular weight is 553 g/mol. The van der Waals surface area contributed by atoms with Gasteiger partial charge in [-0.3, -0.25) is 9.69 Å². The molecule has 2 heterocycles. The van der Waals surface area contributed by atoms with E-state index in [2.05, 4.69) is 41.1 Å². The van der Waals surface area contributed by atoms with Gasteiger partial charge in [0.2, 0.25) is 11.8 Å². The molecule has 212 valence electrons. The van der Waals surface area contributed by atoms with Crippen LogP contribution in [0.25, 0.3) is 22.6 Å². The van der Waals surface area contributed by atoms with E-state index in [0.717, 1.165) is 27.9 Å². The van der Waals surface area contributed by atoms with Gasteiger partial charge in [-0.05, 0) is 66.8 Å². The number of amides is 1. The summed E-state index contributed by atoms with van der Waals surface area (Å²) in [6.07, 6.45) is -1.46. The number of carbonyl (C=O) groups excluding carboxylic acids is 1. The highest BCUT2D eigenvalue weighted by molar-refractivity contribution is 5.92. The zero-order chi connectivity index (χ0) is 28.6. The minimum absolute atomic E-state index is 0.00184. The zero-order valence-electron chi connectivity index (χ0n) is 23.3. The van der Waals surface area contributed by atoms with Crippen molar-refractivity contribution in [3.63, 3.8) is 0 Å². The van der Waals surface area contributed by atoms with Crippen LogP contribution in [-0.4, -0.2) is 59.6 Å². The number of hydrogen-bond acceptors (Lipinski definition) is 5. The van der Waals surface area contributed by atoms with Crippen molar-refractivity contribution in [2.75, 3.05) is 38.0 Å². The van der Waals surface area contributed by atoms with Gasteiger partial charge in [-0.15, -0.1) is 0 Å². The topological polar surface area (TPSA) is 61.6 Å². The summed E-state index contributed by atoms with van der Waals surface area (Å²) >= 11 is 0. The summed E-state index contributed by atoms with van der Waals surface area (Å²) in [6, 6.07) is 11.7. The summed E-state index contributed by atoms with van der Waals surface area (Å²) in [5.74, 6) is 0.654. The molecule has 0 radical (unpaired) electrons. The number of hydrogen-bond donors (Lipinski definition) is 1. The summed E-state index contributed by atoms with van der Waals surface area (Å²) in [5.41, 5.74) is 5.89. The minimum Gasteiger partial charge on any atom is -0.436 e. The predicted octanol–water partition coefficient (Wildman–Crippen LogP) is 6.90. The van der Waals surface area contributed by atoms with Crippen LogP contribution in [0, 0.1) is 12.8 Å². The number of aromatic nitrogens is 1. The fourth-order valence-corrected chi connectivity index (χ4v) is 5.43. The van der Waals surface area contributed by atoms with Crippen molar-refractivity contribution in [3.05, 3.63) is 70.9 Å². The molecule has 2 aliphatic rings. The summed E-state index contributed by atoms with van der Waals surface area (Å²) in [7, 11) is 0. The van der Waals surface area contributed by atoms with E-state index in [9.17, 15) is 18.0 Å². The number of halogens is 3. The normalized spacial score (nSPS) is 18.7. The van der Waals surface area contributed by atoms with Gasteiger partial charge in [0.05, 0.1) is 6.54 Å². The molecule has 1 aromatic heterocycles. The lowest BCUT2D eigenvalue weighted by atomic mass is 9.91. The maximum absolute atomic E-state index is 13.0. The maximum atomic E-state index is 13.0. The fraction of sp³-hybridized carbons (Fsp3) is 0.419. The lowest BCUT2D eigenvalue weighted by Gasteiger charge is -2.40. The van der Waals surface area contributed by atoms with Crippen molar-refractivity contribution in [2.24, 2.45) is 5.92 Å². The van der Waals surface area contributed by atoms with Gasteiger partial charge >= 0.3 is 6.18 Å². The number of nitrogens with one attached hydrogen (secondary N) is 1. The molecule has 1 N–H and O–H groups in total. The van der Waals surface area contributed by atoms with Crippen LogP contribution in [0.2, 0.25) is 0 Å². The highest BCUT2D eigenvalue weighted by atomic mass is 19.4. The molecule has 1 aliphatic carbocycles. The molecule has 0 spiro atoms. The van der Waals surface area contributed by atoms with E-state index in [1.54, 1.807) is 6.08 Å². The third kappa shape index (κ3) is 6.09. The van der Waals surface area contributed by atoms with Crippen LogP contribution in [-0.2, 0) is 4.79 Å². The van der Waals surface area contributed by atoms with Crippen LogP contribution >= 0.6 is 0 Å². The molecule has 1 unspecified atom stereocenters. The average Bonchev–Trinajstić information content (AvgIpc) is 3.34. The van der Waals surface area contributed by atoms with Crippen molar-refractivity contribution >= 4 is 22.7 Å². The molecule has 1 fully saturated rings. The van der Waals surface area contributed by atoms with E-state index in [0.29, 0.717) is 43.7 Å². The fourth-order valence-electron chi connectivity index (χ4n) is 5.43. The maximum Gasteiger partial charge on any atom is 0.412 e. The van der Waals surface area contributed by atoms with Crippen LogP contribution in [0.1, 0.15) is 44.2 Å². The number of fused-ring (bicyclic) bond motifs is 1. The lowest BCUT2D eigenvalue weighted by molar-refractivity contribution is -0.117. The second-order valence-electron chi connectivity index (χ2n) is 11.1. The molecule has 1 atom stereocenters. The van der Waals surface area contributed by atoms with E-state index in [1.807, 2.05) is 38.1 Å². The van der Waals surface area contributed by atoms with Crippen LogP contribution in [0.15, 0.2) is 64.2 Å². The monoisotopic (exact) mass is 552 g/mol. The largest absolute Gasteiger partial charge is 0.436 e. The van der Waals surface area contributed by atoms with Crippen LogP contribution < -0.4 is 5.32 Å². The number of allylic oxidation sites excluding steroid dienone is 4. The van der Waals surface area contributed by atoms with Gasteiger partial charge in [0, 0.05) is 54.6 Å². The number of alkyl halides is 3. The van der Waals surface area contributed by atoms with Gasteiger partial charge in [-0.25, -0.2) is 4.98 Å². The standard InChI is InChI=1S/C31H35F3N4O2/c1-19(2)23-15-21(4)29-26(17-23)36-30(40-29)22-5-8-25(9-6-22)35-28(39)18-37-11-13-38(14-12-37)27-10-7-24(16-20(27)3)31(32,33)34/h5-10,15,17,19-20H,11-14,16,18H2,1-4H3,(H,35,39). The molecular formula is C31H35F3N4O2. The molecule has 0 bridgehead atoms. The van der Waals surface area contributed by atoms with Crippen molar-refractivity contribution in [2.45, 2.75) is 46.2 Å². The molecule has 2 aromatic carbocycles. The van der Waals surface area contributed by atoms with Crippen molar-refractivity contribution in [1.82, 2.24) is 14.8 Å². The first-order valence-electron chi connectivity index (χ1n) is 13.7. The number of nitrogens with zero attached hydrogens (tertiary/aromatic N) is 3. The molecule has 1 amide bonds. The summed E-state index contributed by atoms with van der Waals surface area (Å²) < 4.78 is 45.2. The van der Waals surface area contributed by atoms with Gasteiger partial charge in [0.25, 0.3) is 0 Å². The third-order valence-electron chi connectivity index (χ3n) is 7.74. The molecule has 3 aromatic rings. The number of piperazine rings is 1. The van der Waals surface area contributed by atoms with Crippen LogP contribution in [0.3, 0.4) is 0 Å². The van der Waals surface area contributed by atoms with E-state index < -0.39 is 11.7 Å². The van der Waals surface area contributed by atoms with Crippen molar-refractivity contribution < 1.29 is 22.4 Å². The van der Waals surface area contributed by atoms with Crippen molar-refractivity contribution in [3.8, 4) is 11.5 Å². The number of carbonyl (C=O) groups is 1. The Hall–Kier alpha value is -3.59. The van der Waals surface area contributed by atoms with E-state index in [1.165, 1.54) is 11.6 Å². The van der Waals surface area contributed by atoms with Gasteiger partial charge in [-0.2, -0.15) is 13.2 Å². The predicted molar refractivity (Wildman–Crippen MR) is 151 cm³/mol. The van der Waals surface area contributed by atoms with Crippen LogP contribution in [0.5, 0.6) is 0 Å². The Morgan fingerprint density at radius 2 is 1.80 bits per heavy atom. The summed E-state index contributed by atoms with van der Waals surface area (Å²) in [6.45, 7) is 11.1. The Morgan fingerprint density at radius 3 is 2.42 bits per heavy atom. The molecule has 6 nitrogen and oxygen atoms in total. The van der Waals surface area contributed by atoms with Crippen molar-refractivity contribution in [1.29, 1.82) is 0 Å². The highest BCUT2D eigenvalue weighted by Crippen LogP contribution is 2.37. The number of oxazole rings is 1. The molecule has 0 saturated carbocycles. The SMILES string of the molecule is Cc1cc(C(C)C)cc2nc(-c3ccc(NC(=O)CN4CCN(C5=CC=C(C(F)(F)F)CC5C)CC4)cc3)oc12. The van der Waals surface area contributed by atoms with Gasteiger partial charge in [0.1, 0.15) is 5.52 Å². The molecule has 9 heteroatoms. The van der Waals surface area contributed by atoms with Gasteiger partial charge in [0.15, 0.2) is 5.58 Å². The number of anilines is 1. The molecule has 40 heavy (non-hydrogen) atoms. The van der Waals surface area contributed by atoms with Gasteiger partial charge < -0.3 is 14.6 Å². The Bertz CT molecular complexity index is 1450. The first-order chi connectivity index (χ1) is 19.0. The minimum atomic E-state index is -4.27. The first-order valence-corrected chi connectivity index (χ1v) is 13.7. The lowest BCUT2D eigenvalue weighted by Crippen LogP contribution is -2.49. The number of rotatable bonds is 6. The Kier molecular flexibility index (Phi) is 7.77. The van der Waals surface area contributed by atoms with Gasteiger partial charge in [-0.1, -0.05) is 32.9 Å². The molecule has 5 rings (SSSR count). The highest BCUT2D eigenvalue weighted by Gasteiger charge is 2.36. The Balaban J connectivity index is 1.15. The first kappa shape index (κ1) is 28.0. The number of aryl methyl sites for hydroxylation is 1. The molecule has 1 saturated heterocycles. The molecular weight excluding hydrogens is 517 g/mol. The zero-order valence-corrected chi connectivity index (χ0v) is 23.3. The second kappa shape index (κ2) is 11.1. The van der Waals surface area contributed by atoms with E-state index in [4.69, 9.17) is 9.40 Å². The van der Waals surface area contributed by atoms with E-state index in [-0.39, 0.29) is 24.8 Å². The number of benzene rings is 2. The molecule has 1 aliphatic heterocycles. The Labute approximate surface area is 232 Å². The summed E-state index contributed by atoms with van der Waals surface area (Å²) in [5, 5.41) is 2.95. The summed E-state index contributed by atoms with van der Waals surface area (Å²) in [4.78, 5) is 21.6. The Morgan fingerprint density at radius 1 is 1.10 bits per heavy atom. The third-order valence-corrected chi connectivity index (χ3v) is 7.74.